The topological polar surface area (TPSA) is 57.5 Å². The minimum atomic E-state index is -1.05. The second-order valence-electron chi connectivity index (χ2n) is 4.27. The number of carboxylic acid groups (broad SMARTS) is 1. The molecule has 1 aliphatic rings. The van der Waals surface area contributed by atoms with Gasteiger partial charge < -0.3 is 14.8 Å². The fraction of sp³-hybridized carbons (Fsp3) is 0.636. The number of carboxylic acids is 1. The lowest BCUT2D eigenvalue weighted by atomic mass is 10.1. The van der Waals surface area contributed by atoms with Crippen LogP contribution in [0.25, 0.3) is 0 Å². The molecule has 0 saturated carbocycles. The highest BCUT2D eigenvalue weighted by molar-refractivity contribution is 7.09. The number of piperidine rings is 1. The maximum Gasteiger partial charge on any atom is 0.147 e. The van der Waals surface area contributed by atoms with Crippen molar-refractivity contribution in [2.24, 2.45) is 0 Å². The van der Waals surface area contributed by atoms with Gasteiger partial charge in [-0.2, -0.15) is 0 Å². The monoisotopic (exact) mass is 240 g/mol. The molecule has 88 valence electrons. The van der Waals surface area contributed by atoms with E-state index in [-0.39, 0.29) is 6.42 Å². The van der Waals surface area contributed by atoms with E-state index < -0.39 is 5.97 Å². The van der Waals surface area contributed by atoms with Crippen molar-refractivity contribution in [3.63, 3.8) is 0 Å². The molecule has 2 heterocycles. The number of nitrogens with one attached hydrogen (secondary N) is 1. The Hall–Kier alpha value is -0.940. The summed E-state index contributed by atoms with van der Waals surface area (Å²) < 4.78 is 0. The second kappa shape index (κ2) is 5.41. The second-order valence-corrected chi connectivity index (χ2v) is 5.21. The predicted molar refractivity (Wildman–Crippen MR) is 59.1 cm³/mol. The summed E-state index contributed by atoms with van der Waals surface area (Å²) in [6.45, 7) is 3.38. The van der Waals surface area contributed by atoms with Gasteiger partial charge in [0.15, 0.2) is 0 Å². The van der Waals surface area contributed by atoms with Crippen molar-refractivity contribution in [3.8, 4) is 0 Å². The van der Waals surface area contributed by atoms with Gasteiger partial charge in [0.25, 0.3) is 0 Å². The Labute approximate surface area is 98.9 Å². The third-order valence-corrected chi connectivity index (χ3v) is 3.78. The molecule has 0 bridgehead atoms. The van der Waals surface area contributed by atoms with Gasteiger partial charge in [-0.05, 0) is 19.3 Å². The molecule has 1 aromatic rings. The molecule has 0 amide bonds. The summed E-state index contributed by atoms with van der Waals surface area (Å²) in [5.41, 5.74) is 0.636. The average molecular weight is 240 g/mol. The molecule has 0 aliphatic carbocycles. The summed E-state index contributed by atoms with van der Waals surface area (Å²) in [4.78, 5) is 16.3. The molecule has 1 aliphatic heterocycles. The highest BCUT2D eigenvalue weighted by Crippen LogP contribution is 2.09. The maximum absolute atomic E-state index is 10.4. The normalized spacial score (nSPS) is 17.5. The van der Waals surface area contributed by atoms with E-state index in [0.29, 0.717) is 5.69 Å². The smallest absolute Gasteiger partial charge is 0.147 e. The zero-order chi connectivity index (χ0) is 11.4. The largest absolute Gasteiger partial charge is 0.550 e. The first-order chi connectivity index (χ1) is 7.74. The number of aromatic nitrogens is 1. The molecule has 2 rings (SSSR count). The number of quaternary nitrogens is 1. The first kappa shape index (κ1) is 11.5. The van der Waals surface area contributed by atoms with Crippen molar-refractivity contribution in [2.45, 2.75) is 32.2 Å². The maximum atomic E-state index is 10.4. The Bertz CT molecular complexity index is 359. The van der Waals surface area contributed by atoms with Crippen LogP contribution in [-0.4, -0.2) is 24.0 Å². The van der Waals surface area contributed by atoms with Crippen LogP contribution in [0, 0.1) is 0 Å². The molecule has 16 heavy (non-hydrogen) atoms. The van der Waals surface area contributed by atoms with Crippen LogP contribution in [0.2, 0.25) is 0 Å². The molecule has 4 nitrogen and oxygen atoms in total. The van der Waals surface area contributed by atoms with Crippen LogP contribution in [0.15, 0.2) is 5.38 Å². The predicted octanol–water partition coefficient (Wildman–Crippen LogP) is -0.996. The van der Waals surface area contributed by atoms with Crippen molar-refractivity contribution in [1.82, 2.24) is 4.98 Å². The number of hydrogen-bond acceptors (Lipinski definition) is 4. The number of likely N-dealkylation sites (tertiary alicyclic amines) is 1. The summed E-state index contributed by atoms with van der Waals surface area (Å²) in [7, 11) is 0. The molecule has 0 unspecified atom stereocenters. The lowest BCUT2D eigenvalue weighted by molar-refractivity contribution is -0.918. The van der Waals surface area contributed by atoms with E-state index in [9.17, 15) is 9.90 Å². The molecular weight excluding hydrogens is 224 g/mol. The van der Waals surface area contributed by atoms with Crippen LogP contribution >= 0.6 is 11.3 Å². The number of carbonyl (C=O) groups excluding carboxylic acids is 1. The SMILES string of the molecule is O=C([O-])Cc1csc(C[NH+]2CCCCC2)n1. The summed E-state index contributed by atoms with van der Waals surface area (Å²) in [5.74, 6) is -1.05. The summed E-state index contributed by atoms with van der Waals surface area (Å²) in [6.07, 6.45) is 3.88. The summed E-state index contributed by atoms with van der Waals surface area (Å²) in [5, 5.41) is 13.3. The number of rotatable bonds is 4. The third kappa shape index (κ3) is 3.28. The molecule has 1 aromatic heterocycles. The van der Waals surface area contributed by atoms with Crippen molar-refractivity contribution in [3.05, 3.63) is 16.1 Å². The van der Waals surface area contributed by atoms with Crippen LogP contribution in [0.5, 0.6) is 0 Å². The standard InChI is InChI=1S/C11H16N2O2S/c14-11(15)6-9-8-16-10(12-9)7-13-4-2-1-3-5-13/h8H,1-7H2,(H,14,15). The Kier molecular flexibility index (Phi) is 3.90. The first-order valence-electron chi connectivity index (χ1n) is 5.71. The highest BCUT2D eigenvalue weighted by Gasteiger charge is 2.15. The molecule has 5 heteroatoms. The zero-order valence-corrected chi connectivity index (χ0v) is 10.0. The molecule has 1 fully saturated rings. The minimum absolute atomic E-state index is 0.0637. The first-order valence-corrected chi connectivity index (χ1v) is 6.58. The average Bonchev–Trinajstić information content (AvgIpc) is 2.66. The van der Waals surface area contributed by atoms with E-state index in [4.69, 9.17) is 0 Å². The Balaban J connectivity index is 1.88. The van der Waals surface area contributed by atoms with Crippen LogP contribution in [0.3, 0.4) is 0 Å². The van der Waals surface area contributed by atoms with E-state index in [1.54, 1.807) is 16.2 Å². The van der Waals surface area contributed by atoms with Gasteiger partial charge in [-0.3, -0.25) is 0 Å². The Morgan fingerprint density at radius 3 is 2.88 bits per heavy atom. The van der Waals surface area contributed by atoms with Gasteiger partial charge >= 0.3 is 0 Å². The van der Waals surface area contributed by atoms with E-state index in [1.807, 2.05) is 5.38 Å². The molecule has 1 N–H and O–H groups in total. The number of carbonyl (C=O) groups is 1. The summed E-state index contributed by atoms with van der Waals surface area (Å²) >= 11 is 1.56. The van der Waals surface area contributed by atoms with E-state index in [0.717, 1.165) is 11.6 Å². The van der Waals surface area contributed by atoms with E-state index in [1.165, 1.54) is 32.4 Å². The van der Waals surface area contributed by atoms with Gasteiger partial charge in [0, 0.05) is 17.8 Å². The van der Waals surface area contributed by atoms with Gasteiger partial charge in [0.05, 0.1) is 18.8 Å². The lowest BCUT2D eigenvalue weighted by Crippen LogP contribution is -3.11. The van der Waals surface area contributed by atoms with Gasteiger partial charge in [0.1, 0.15) is 11.6 Å². The van der Waals surface area contributed by atoms with Gasteiger partial charge in [-0.1, -0.05) is 0 Å². The van der Waals surface area contributed by atoms with Crippen molar-refractivity contribution in [2.75, 3.05) is 13.1 Å². The van der Waals surface area contributed by atoms with Gasteiger partial charge in [-0.25, -0.2) is 4.98 Å². The third-order valence-electron chi connectivity index (χ3n) is 2.89. The molecule has 0 atom stereocenters. The van der Waals surface area contributed by atoms with Gasteiger partial charge in [-0.15, -0.1) is 11.3 Å². The van der Waals surface area contributed by atoms with Gasteiger partial charge in [0.2, 0.25) is 0 Å². The van der Waals surface area contributed by atoms with Crippen molar-refractivity contribution < 1.29 is 14.8 Å². The summed E-state index contributed by atoms with van der Waals surface area (Å²) in [6, 6.07) is 0. The molecule has 0 radical (unpaired) electrons. The molecule has 0 aromatic carbocycles. The highest BCUT2D eigenvalue weighted by atomic mass is 32.1. The molecular formula is C11H16N2O2S. The quantitative estimate of drug-likeness (QED) is 0.735. The number of aliphatic carboxylic acids is 1. The number of hydrogen-bond donors (Lipinski definition) is 1. The zero-order valence-electron chi connectivity index (χ0n) is 9.20. The number of nitrogens with zero attached hydrogens (tertiary/aromatic N) is 1. The lowest BCUT2D eigenvalue weighted by Gasteiger charge is -2.22. The Morgan fingerprint density at radius 2 is 2.19 bits per heavy atom. The van der Waals surface area contributed by atoms with Crippen LogP contribution in [0.4, 0.5) is 0 Å². The fourth-order valence-corrected chi connectivity index (χ4v) is 2.97. The van der Waals surface area contributed by atoms with Crippen LogP contribution in [0.1, 0.15) is 30.0 Å². The Morgan fingerprint density at radius 1 is 1.44 bits per heavy atom. The minimum Gasteiger partial charge on any atom is -0.550 e. The van der Waals surface area contributed by atoms with Crippen LogP contribution in [-0.2, 0) is 17.8 Å². The van der Waals surface area contributed by atoms with Crippen molar-refractivity contribution in [1.29, 1.82) is 0 Å². The fourth-order valence-electron chi connectivity index (χ4n) is 2.10. The molecule has 1 saturated heterocycles. The van der Waals surface area contributed by atoms with E-state index in [2.05, 4.69) is 4.98 Å². The van der Waals surface area contributed by atoms with E-state index >= 15 is 0 Å². The van der Waals surface area contributed by atoms with Crippen LogP contribution < -0.4 is 10.0 Å². The van der Waals surface area contributed by atoms with Crippen molar-refractivity contribution >= 4 is 17.3 Å². The number of thiazole rings is 1. The molecule has 0 spiro atoms.